The third kappa shape index (κ3) is 5.56. The van der Waals surface area contributed by atoms with Crippen LogP contribution in [0.25, 0.3) is 0 Å². The summed E-state index contributed by atoms with van der Waals surface area (Å²) in [7, 11) is 0. The first-order valence-electron chi connectivity index (χ1n) is 8.92. The summed E-state index contributed by atoms with van der Waals surface area (Å²) < 4.78 is 0. The fourth-order valence-electron chi connectivity index (χ4n) is 2.75. The van der Waals surface area contributed by atoms with Crippen molar-refractivity contribution in [3.63, 3.8) is 0 Å². The highest BCUT2D eigenvalue weighted by Gasteiger charge is 2.09. The lowest BCUT2D eigenvalue weighted by Crippen LogP contribution is -2.14. The second-order valence-electron chi connectivity index (χ2n) is 6.39. The van der Waals surface area contributed by atoms with Crippen molar-refractivity contribution in [3.05, 3.63) is 88.7 Å². The van der Waals surface area contributed by atoms with Crippen LogP contribution in [0.1, 0.15) is 27.9 Å². The van der Waals surface area contributed by atoms with Gasteiger partial charge in [0.25, 0.3) is 5.91 Å². The zero-order valence-corrected chi connectivity index (χ0v) is 16.0. The first-order valence-corrected chi connectivity index (χ1v) is 9.30. The van der Waals surface area contributed by atoms with E-state index in [0.717, 1.165) is 30.6 Å². The maximum atomic E-state index is 12.5. The maximum Gasteiger partial charge on any atom is 0.257 e. The van der Waals surface area contributed by atoms with Gasteiger partial charge in [0.05, 0.1) is 11.3 Å². The van der Waals surface area contributed by atoms with Crippen LogP contribution in [0.4, 0.5) is 11.4 Å². The van der Waals surface area contributed by atoms with Crippen molar-refractivity contribution in [3.8, 4) is 0 Å². The molecule has 4 nitrogen and oxygen atoms in total. The van der Waals surface area contributed by atoms with E-state index in [4.69, 9.17) is 11.6 Å². The molecule has 2 aromatic carbocycles. The molecule has 0 unspecified atom stereocenters. The molecule has 2 N–H and O–H groups in total. The predicted molar refractivity (Wildman–Crippen MR) is 112 cm³/mol. The van der Waals surface area contributed by atoms with Crippen molar-refractivity contribution in [2.24, 2.45) is 0 Å². The van der Waals surface area contributed by atoms with Crippen LogP contribution in [0, 0.1) is 6.92 Å². The molecule has 0 spiro atoms. The Morgan fingerprint density at radius 3 is 2.70 bits per heavy atom. The number of amides is 1. The van der Waals surface area contributed by atoms with Crippen LogP contribution < -0.4 is 10.6 Å². The molecule has 0 aliphatic heterocycles. The Hall–Kier alpha value is -2.85. The molecule has 0 fully saturated rings. The Morgan fingerprint density at radius 1 is 1.07 bits per heavy atom. The molecule has 0 atom stereocenters. The third-order valence-electron chi connectivity index (χ3n) is 4.26. The van der Waals surface area contributed by atoms with E-state index in [0.29, 0.717) is 16.3 Å². The highest BCUT2D eigenvalue weighted by atomic mass is 35.5. The molecule has 0 radical (unpaired) electrons. The number of carbonyl (C=O) groups is 1. The summed E-state index contributed by atoms with van der Waals surface area (Å²) in [6, 6.07) is 17.6. The fourth-order valence-corrected chi connectivity index (χ4v) is 2.93. The van der Waals surface area contributed by atoms with Crippen LogP contribution in [0.5, 0.6) is 0 Å². The number of aromatic nitrogens is 1. The zero-order chi connectivity index (χ0) is 19.1. The summed E-state index contributed by atoms with van der Waals surface area (Å²) >= 11 is 6.01. The van der Waals surface area contributed by atoms with Crippen molar-refractivity contribution in [1.29, 1.82) is 0 Å². The smallest absolute Gasteiger partial charge is 0.257 e. The van der Waals surface area contributed by atoms with Crippen molar-refractivity contribution in [2.45, 2.75) is 19.8 Å². The largest absolute Gasteiger partial charge is 0.384 e. The van der Waals surface area contributed by atoms with E-state index in [9.17, 15) is 4.79 Å². The van der Waals surface area contributed by atoms with Gasteiger partial charge in [0.15, 0.2) is 0 Å². The Morgan fingerprint density at radius 2 is 1.89 bits per heavy atom. The van der Waals surface area contributed by atoms with E-state index in [1.807, 2.05) is 25.1 Å². The maximum absolute atomic E-state index is 12.5. The van der Waals surface area contributed by atoms with Gasteiger partial charge in [-0.15, -0.1) is 0 Å². The molecule has 0 saturated heterocycles. The summed E-state index contributed by atoms with van der Waals surface area (Å²) in [6.07, 6.45) is 5.30. The van der Waals surface area contributed by atoms with Gasteiger partial charge < -0.3 is 10.6 Å². The molecule has 1 amide bonds. The molecule has 27 heavy (non-hydrogen) atoms. The minimum Gasteiger partial charge on any atom is -0.384 e. The summed E-state index contributed by atoms with van der Waals surface area (Å²) in [6.45, 7) is 2.74. The summed E-state index contributed by atoms with van der Waals surface area (Å²) in [5.74, 6) is -0.208. The number of benzene rings is 2. The predicted octanol–water partition coefficient (Wildman–Crippen LogP) is 5.34. The SMILES string of the molecule is Cc1ccc(Cl)cc1NC(=O)c1cncc(NCCCc2ccccc2)c1. The average molecular weight is 380 g/mol. The zero-order valence-electron chi connectivity index (χ0n) is 15.2. The number of nitrogens with one attached hydrogen (secondary N) is 2. The molecule has 5 heteroatoms. The molecule has 0 aliphatic rings. The minimum atomic E-state index is -0.208. The molecule has 1 heterocycles. The Labute approximate surface area is 164 Å². The van der Waals surface area contributed by atoms with Crippen molar-refractivity contribution in [2.75, 3.05) is 17.2 Å². The number of rotatable bonds is 7. The number of carbonyl (C=O) groups excluding carboxylic acids is 1. The van der Waals surface area contributed by atoms with Crippen molar-refractivity contribution >= 4 is 28.9 Å². The highest BCUT2D eigenvalue weighted by molar-refractivity contribution is 6.31. The standard InChI is InChI=1S/C22H22ClN3O/c1-16-9-10-19(23)13-21(16)26-22(27)18-12-20(15-24-14-18)25-11-5-8-17-6-3-2-4-7-17/h2-4,6-7,9-10,12-15,25H,5,8,11H2,1H3,(H,26,27). The average Bonchev–Trinajstić information content (AvgIpc) is 2.69. The van der Waals surface area contributed by atoms with Gasteiger partial charge >= 0.3 is 0 Å². The molecule has 0 aliphatic carbocycles. The molecule has 0 saturated carbocycles. The first-order chi connectivity index (χ1) is 13.1. The van der Waals surface area contributed by atoms with Gasteiger partial charge in [0.1, 0.15) is 0 Å². The van der Waals surface area contributed by atoms with E-state index < -0.39 is 0 Å². The lowest BCUT2D eigenvalue weighted by atomic mass is 10.1. The molecule has 3 rings (SSSR count). The van der Waals surface area contributed by atoms with E-state index in [1.54, 1.807) is 24.5 Å². The van der Waals surface area contributed by atoms with Gasteiger partial charge in [-0.3, -0.25) is 9.78 Å². The number of aryl methyl sites for hydroxylation is 2. The van der Waals surface area contributed by atoms with Crippen LogP contribution in [0.2, 0.25) is 5.02 Å². The molecule has 0 bridgehead atoms. The number of hydrogen-bond donors (Lipinski definition) is 2. The number of pyridine rings is 1. The lowest BCUT2D eigenvalue weighted by molar-refractivity contribution is 0.102. The number of anilines is 2. The summed E-state index contributed by atoms with van der Waals surface area (Å²) in [5, 5.41) is 6.81. The van der Waals surface area contributed by atoms with Gasteiger partial charge in [-0.2, -0.15) is 0 Å². The van der Waals surface area contributed by atoms with Crippen LogP contribution in [0.3, 0.4) is 0 Å². The molecule has 3 aromatic rings. The quantitative estimate of drug-likeness (QED) is 0.545. The van der Waals surface area contributed by atoms with E-state index >= 15 is 0 Å². The highest BCUT2D eigenvalue weighted by Crippen LogP contribution is 2.21. The van der Waals surface area contributed by atoms with Gasteiger partial charge in [0.2, 0.25) is 0 Å². The van der Waals surface area contributed by atoms with Crippen molar-refractivity contribution in [1.82, 2.24) is 4.98 Å². The Balaban J connectivity index is 1.56. The van der Waals surface area contributed by atoms with Gasteiger partial charge in [-0.1, -0.05) is 48.0 Å². The molecule has 1 aromatic heterocycles. The van der Waals surface area contributed by atoms with Gasteiger partial charge in [0, 0.05) is 29.6 Å². The van der Waals surface area contributed by atoms with E-state index in [-0.39, 0.29) is 5.91 Å². The Kier molecular flexibility index (Phi) is 6.44. The van der Waals surface area contributed by atoms with Crippen LogP contribution in [-0.2, 0) is 6.42 Å². The van der Waals surface area contributed by atoms with Crippen LogP contribution >= 0.6 is 11.6 Å². The number of nitrogens with zero attached hydrogens (tertiary/aromatic N) is 1. The molecular weight excluding hydrogens is 358 g/mol. The normalized spacial score (nSPS) is 10.4. The molecular formula is C22H22ClN3O. The third-order valence-corrected chi connectivity index (χ3v) is 4.50. The van der Waals surface area contributed by atoms with Gasteiger partial charge in [-0.25, -0.2) is 0 Å². The minimum absolute atomic E-state index is 0.208. The number of halogens is 1. The summed E-state index contributed by atoms with van der Waals surface area (Å²) in [4.78, 5) is 16.7. The second-order valence-corrected chi connectivity index (χ2v) is 6.83. The van der Waals surface area contributed by atoms with E-state index in [1.165, 1.54) is 5.56 Å². The monoisotopic (exact) mass is 379 g/mol. The van der Waals surface area contributed by atoms with Crippen LogP contribution in [0.15, 0.2) is 67.0 Å². The lowest BCUT2D eigenvalue weighted by Gasteiger charge is -2.10. The van der Waals surface area contributed by atoms with Crippen molar-refractivity contribution < 1.29 is 4.79 Å². The van der Waals surface area contributed by atoms with Gasteiger partial charge in [-0.05, 0) is 49.1 Å². The fraction of sp³-hybridized carbons (Fsp3) is 0.182. The second kappa shape index (κ2) is 9.19. The summed E-state index contributed by atoms with van der Waals surface area (Å²) in [5.41, 5.74) is 4.31. The van der Waals surface area contributed by atoms with E-state index in [2.05, 4.69) is 39.9 Å². The Bertz CT molecular complexity index is 912. The molecule has 138 valence electrons. The topological polar surface area (TPSA) is 54.0 Å². The van der Waals surface area contributed by atoms with Crippen LogP contribution in [-0.4, -0.2) is 17.4 Å². The number of hydrogen-bond acceptors (Lipinski definition) is 3. The first kappa shape index (κ1) is 18.9.